The maximum atomic E-state index is 12.6. The summed E-state index contributed by atoms with van der Waals surface area (Å²) in [6, 6.07) is 7.39. The van der Waals surface area contributed by atoms with E-state index in [0.29, 0.717) is 16.5 Å². The van der Waals surface area contributed by atoms with Crippen LogP contribution in [-0.2, 0) is 17.6 Å². The van der Waals surface area contributed by atoms with Gasteiger partial charge in [0.25, 0.3) is 0 Å². The largest absolute Gasteiger partial charge is 0.299 e. The number of rotatable bonds is 3. The Hall–Kier alpha value is -0.830. The van der Waals surface area contributed by atoms with Crippen molar-refractivity contribution in [3.63, 3.8) is 0 Å². The second-order valence-electron chi connectivity index (χ2n) is 5.12. The Balaban J connectivity index is 1.83. The molecular weight excluding hydrogens is 311 g/mol. The van der Waals surface area contributed by atoms with Crippen molar-refractivity contribution >= 4 is 40.3 Å². The molecule has 0 spiro atoms. The second-order valence-corrected chi connectivity index (χ2v) is 6.97. The van der Waals surface area contributed by atoms with E-state index in [1.807, 2.05) is 0 Å². The molecule has 0 saturated carbocycles. The highest BCUT2D eigenvalue weighted by molar-refractivity contribution is 7.10. The molecule has 104 valence electrons. The van der Waals surface area contributed by atoms with Gasteiger partial charge in [-0.15, -0.1) is 11.3 Å². The average molecular weight is 325 g/mol. The van der Waals surface area contributed by atoms with Crippen molar-refractivity contribution in [1.82, 2.24) is 0 Å². The van der Waals surface area contributed by atoms with Gasteiger partial charge in [0.1, 0.15) is 5.78 Å². The summed E-state index contributed by atoms with van der Waals surface area (Å²) in [5, 5.41) is 3.32. The summed E-state index contributed by atoms with van der Waals surface area (Å²) in [4.78, 5) is 14.0. The summed E-state index contributed by atoms with van der Waals surface area (Å²) in [5.41, 5.74) is 2.05. The first-order chi connectivity index (χ1) is 9.65. The molecule has 1 unspecified atom stereocenters. The lowest BCUT2D eigenvalue weighted by Gasteiger charge is -2.21. The van der Waals surface area contributed by atoms with Gasteiger partial charge in [0.05, 0.1) is 0 Å². The number of carbonyl (C=O) groups is 1. The molecule has 1 aliphatic carbocycles. The lowest BCUT2D eigenvalue weighted by atomic mass is 9.83. The molecule has 3 rings (SSSR count). The van der Waals surface area contributed by atoms with Crippen molar-refractivity contribution in [3.05, 3.63) is 55.7 Å². The quantitative estimate of drug-likeness (QED) is 0.750. The molecule has 0 amide bonds. The maximum Gasteiger partial charge on any atom is 0.144 e. The number of carbonyl (C=O) groups excluding carboxylic acids is 1. The van der Waals surface area contributed by atoms with Crippen LogP contribution in [-0.4, -0.2) is 5.78 Å². The molecule has 0 radical (unpaired) electrons. The molecular formula is C16H14Cl2OS. The first kappa shape index (κ1) is 14.1. The molecule has 0 bridgehead atoms. The van der Waals surface area contributed by atoms with Crippen LogP contribution < -0.4 is 0 Å². The molecule has 1 aromatic carbocycles. The summed E-state index contributed by atoms with van der Waals surface area (Å²) < 4.78 is 0. The fourth-order valence-electron chi connectivity index (χ4n) is 2.81. The second kappa shape index (κ2) is 5.88. The Morgan fingerprint density at radius 3 is 3.00 bits per heavy atom. The Morgan fingerprint density at radius 1 is 1.30 bits per heavy atom. The van der Waals surface area contributed by atoms with Crippen LogP contribution in [0.4, 0.5) is 0 Å². The SMILES string of the molecule is O=C(Cc1cc(Cl)ccc1Cl)C1CCCc2sccc21. The number of ketones is 1. The van der Waals surface area contributed by atoms with Gasteiger partial charge in [-0.25, -0.2) is 0 Å². The molecule has 20 heavy (non-hydrogen) atoms. The zero-order valence-electron chi connectivity index (χ0n) is 10.9. The fourth-order valence-corrected chi connectivity index (χ4v) is 4.18. The highest BCUT2D eigenvalue weighted by Crippen LogP contribution is 2.36. The third-order valence-electron chi connectivity index (χ3n) is 3.81. The van der Waals surface area contributed by atoms with Gasteiger partial charge in [-0.3, -0.25) is 4.79 Å². The first-order valence-corrected chi connectivity index (χ1v) is 8.31. The van der Waals surface area contributed by atoms with Crippen molar-refractivity contribution < 1.29 is 4.79 Å². The van der Waals surface area contributed by atoms with Crippen LogP contribution in [0, 0.1) is 0 Å². The Bertz CT molecular complexity index is 648. The van der Waals surface area contributed by atoms with E-state index in [-0.39, 0.29) is 11.7 Å². The minimum absolute atomic E-state index is 0.0278. The van der Waals surface area contributed by atoms with Crippen LogP contribution >= 0.6 is 34.5 Å². The minimum Gasteiger partial charge on any atom is -0.299 e. The zero-order chi connectivity index (χ0) is 14.1. The van der Waals surface area contributed by atoms with Gasteiger partial charge in [-0.1, -0.05) is 23.2 Å². The van der Waals surface area contributed by atoms with Crippen molar-refractivity contribution in [2.45, 2.75) is 31.6 Å². The summed E-state index contributed by atoms with van der Waals surface area (Å²) in [5.74, 6) is 0.272. The van der Waals surface area contributed by atoms with Gasteiger partial charge in [0.2, 0.25) is 0 Å². The molecule has 2 aromatic rings. The zero-order valence-corrected chi connectivity index (χ0v) is 13.2. The molecule has 0 aliphatic heterocycles. The molecule has 0 saturated heterocycles. The van der Waals surface area contributed by atoms with Gasteiger partial charge in [0.15, 0.2) is 0 Å². The molecule has 1 atom stereocenters. The molecule has 1 nitrogen and oxygen atoms in total. The van der Waals surface area contributed by atoms with Gasteiger partial charge < -0.3 is 0 Å². The third kappa shape index (κ3) is 2.78. The van der Waals surface area contributed by atoms with Gasteiger partial charge in [0, 0.05) is 27.3 Å². The number of hydrogen-bond donors (Lipinski definition) is 0. The summed E-state index contributed by atoms with van der Waals surface area (Å²) in [6.07, 6.45) is 3.50. The molecule has 1 heterocycles. The maximum absolute atomic E-state index is 12.6. The number of thiophene rings is 1. The van der Waals surface area contributed by atoms with E-state index in [9.17, 15) is 4.79 Å². The normalized spacial score (nSPS) is 17.8. The molecule has 0 N–H and O–H groups in total. The summed E-state index contributed by atoms with van der Waals surface area (Å²) in [7, 11) is 0. The lowest BCUT2D eigenvalue weighted by Crippen LogP contribution is -2.19. The smallest absolute Gasteiger partial charge is 0.144 e. The van der Waals surface area contributed by atoms with E-state index in [1.165, 1.54) is 10.4 Å². The molecule has 1 aromatic heterocycles. The number of halogens is 2. The van der Waals surface area contributed by atoms with Crippen molar-refractivity contribution in [2.24, 2.45) is 0 Å². The number of fused-ring (bicyclic) bond motifs is 1. The van der Waals surface area contributed by atoms with E-state index in [2.05, 4.69) is 11.4 Å². The monoisotopic (exact) mass is 324 g/mol. The number of Topliss-reactive ketones (excluding diaryl/α,β-unsaturated/α-hetero) is 1. The highest BCUT2D eigenvalue weighted by atomic mass is 35.5. The minimum atomic E-state index is 0.0278. The van der Waals surface area contributed by atoms with Crippen molar-refractivity contribution in [1.29, 1.82) is 0 Å². The predicted octanol–water partition coefficient (Wildman–Crippen LogP) is 5.29. The van der Waals surface area contributed by atoms with Crippen LogP contribution in [0.3, 0.4) is 0 Å². The number of aryl methyl sites for hydroxylation is 1. The topological polar surface area (TPSA) is 17.1 Å². The van der Waals surface area contributed by atoms with E-state index < -0.39 is 0 Å². The van der Waals surface area contributed by atoms with E-state index in [1.54, 1.807) is 29.5 Å². The van der Waals surface area contributed by atoms with Gasteiger partial charge in [-0.05, 0) is 60.0 Å². The number of hydrogen-bond acceptors (Lipinski definition) is 2. The third-order valence-corrected chi connectivity index (χ3v) is 5.41. The van der Waals surface area contributed by atoms with Crippen LogP contribution in [0.2, 0.25) is 10.0 Å². The fraction of sp³-hybridized carbons (Fsp3) is 0.312. The van der Waals surface area contributed by atoms with Gasteiger partial charge in [-0.2, -0.15) is 0 Å². The lowest BCUT2D eigenvalue weighted by molar-refractivity contribution is -0.120. The van der Waals surface area contributed by atoms with Crippen molar-refractivity contribution in [2.75, 3.05) is 0 Å². The van der Waals surface area contributed by atoms with Crippen LogP contribution in [0.25, 0.3) is 0 Å². The number of benzene rings is 1. The van der Waals surface area contributed by atoms with Gasteiger partial charge >= 0.3 is 0 Å². The van der Waals surface area contributed by atoms with Crippen molar-refractivity contribution in [3.8, 4) is 0 Å². The summed E-state index contributed by atoms with van der Waals surface area (Å²) >= 11 is 13.9. The van der Waals surface area contributed by atoms with Crippen LogP contribution in [0.5, 0.6) is 0 Å². The standard InChI is InChI=1S/C16H14Cl2OS/c17-11-4-5-14(18)10(8-11)9-15(19)12-2-1-3-16-13(12)6-7-20-16/h4-8,12H,1-3,9H2. The molecule has 4 heteroatoms. The first-order valence-electron chi connectivity index (χ1n) is 6.68. The highest BCUT2D eigenvalue weighted by Gasteiger charge is 2.27. The van der Waals surface area contributed by atoms with Crippen LogP contribution in [0.15, 0.2) is 29.6 Å². The van der Waals surface area contributed by atoms with E-state index >= 15 is 0 Å². The Labute approximate surface area is 132 Å². The molecule has 0 fully saturated rings. The Morgan fingerprint density at radius 2 is 2.15 bits per heavy atom. The predicted molar refractivity (Wildman–Crippen MR) is 85.2 cm³/mol. The molecule has 1 aliphatic rings. The van der Waals surface area contributed by atoms with E-state index in [4.69, 9.17) is 23.2 Å². The van der Waals surface area contributed by atoms with E-state index in [0.717, 1.165) is 24.8 Å². The summed E-state index contributed by atoms with van der Waals surface area (Å²) in [6.45, 7) is 0. The Kier molecular flexibility index (Phi) is 4.16. The van der Waals surface area contributed by atoms with Crippen LogP contribution in [0.1, 0.15) is 34.8 Å². The average Bonchev–Trinajstić information content (AvgIpc) is 2.91.